The summed E-state index contributed by atoms with van der Waals surface area (Å²) < 4.78 is 5.54. The molecule has 10 nitrogen and oxygen atoms in total. The third-order valence-corrected chi connectivity index (χ3v) is 6.31. The molecule has 5 rings (SSSR count). The molecule has 2 heterocycles. The highest BCUT2D eigenvalue weighted by Crippen LogP contribution is 2.33. The number of hydrogen-bond acceptors (Lipinski definition) is 7. The van der Waals surface area contributed by atoms with Gasteiger partial charge in [0.05, 0.1) is 35.0 Å². The molecule has 40 heavy (non-hydrogen) atoms. The van der Waals surface area contributed by atoms with Gasteiger partial charge in [0, 0.05) is 35.0 Å². The summed E-state index contributed by atoms with van der Waals surface area (Å²) in [6.07, 6.45) is -0.0124. The lowest BCUT2D eigenvalue weighted by Crippen LogP contribution is -2.39. The molecule has 3 aromatic carbocycles. The summed E-state index contributed by atoms with van der Waals surface area (Å²) in [5, 5.41) is 22.9. The molecule has 1 aliphatic heterocycles. The molecule has 0 aliphatic carbocycles. The van der Waals surface area contributed by atoms with Crippen molar-refractivity contribution in [1.82, 2.24) is 9.88 Å². The van der Waals surface area contributed by atoms with Gasteiger partial charge in [0.15, 0.2) is 5.88 Å². The number of benzene rings is 3. The molecule has 0 saturated heterocycles. The molecule has 0 spiro atoms. The third-order valence-electron chi connectivity index (χ3n) is 6.31. The fourth-order valence-corrected chi connectivity index (χ4v) is 4.59. The molecule has 1 aromatic heterocycles. The number of non-ortho nitro benzene ring substituents is 1. The van der Waals surface area contributed by atoms with Crippen molar-refractivity contribution in [2.45, 2.75) is 32.8 Å². The summed E-state index contributed by atoms with van der Waals surface area (Å²) in [5.41, 5.74) is 2.90. The van der Waals surface area contributed by atoms with E-state index in [0.29, 0.717) is 53.2 Å². The fraction of sp³-hybridized carbons (Fsp3) is 0.233. The van der Waals surface area contributed by atoms with E-state index in [0.717, 1.165) is 11.1 Å². The zero-order chi connectivity index (χ0) is 28.4. The van der Waals surface area contributed by atoms with E-state index in [1.807, 2.05) is 75.4 Å². The Morgan fingerprint density at radius 2 is 1.90 bits per heavy atom. The molecular formula is C30H29N5O5. The summed E-state index contributed by atoms with van der Waals surface area (Å²) in [5.74, 6) is 0.489. The van der Waals surface area contributed by atoms with Gasteiger partial charge < -0.3 is 14.8 Å². The number of aromatic hydroxyl groups is 1. The van der Waals surface area contributed by atoms with Crippen molar-refractivity contribution >= 4 is 39.9 Å². The Hall–Kier alpha value is -4.99. The van der Waals surface area contributed by atoms with Gasteiger partial charge in [-0.05, 0) is 44.5 Å². The predicted molar refractivity (Wildman–Crippen MR) is 154 cm³/mol. The maximum Gasteiger partial charge on any atom is 0.415 e. The number of amides is 1. The monoisotopic (exact) mass is 539 g/mol. The molecule has 10 heteroatoms. The minimum atomic E-state index is -0.609. The number of carbonyl (C=O) groups is 1. The van der Waals surface area contributed by atoms with Gasteiger partial charge in [0.2, 0.25) is 0 Å². The molecule has 0 radical (unpaired) electrons. The maximum atomic E-state index is 12.7. The van der Waals surface area contributed by atoms with Gasteiger partial charge in [-0.15, -0.1) is 0 Å². The molecule has 2 N–H and O–H groups in total. The average Bonchev–Trinajstić information content (AvgIpc) is 3.50. The minimum absolute atomic E-state index is 0.0889. The van der Waals surface area contributed by atoms with Crippen LogP contribution >= 0.6 is 0 Å². The number of carbonyl (C=O) groups excluding carboxylic acids is 1. The molecule has 1 amide bonds. The van der Waals surface area contributed by atoms with Crippen LogP contribution in [0.1, 0.15) is 37.5 Å². The summed E-state index contributed by atoms with van der Waals surface area (Å²) in [6.45, 7) is 6.45. The molecule has 0 saturated carbocycles. The number of hydrogen-bond donors (Lipinski definition) is 2. The lowest BCUT2D eigenvalue weighted by Gasteiger charge is -2.25. The second-order valence-corrected chi connectivity index (χ2v) is 10.4. The van der Waals surface area contributed by atoms with E-state index in [1.54, 1.807) is 11.0 Å². The van der Waals surface area contributed by atoms with Gasteiger partial charge in [0.25, 0.3) is 5.69 Å². The predicted octanol–water partition coefficient (Wildman–Crippen LogP) is 6.14. The normalized spacial score (nSPS) is 13.9. The largest absolute Gasteiger partial charge is 0.494 e. The average molecular weight is 540 g/mol. The number of amidine groups is 1. The molecule has 204 valence electrons. The van der Waals surface area contributed by atoms with E-state index in [9.17, 15) is 20.0 Å². The summed E-state index contributed by atoms with van der Waals surface area (Å²) in [7, 11) is 0. The van der Waals surface area contributed by atoms with Crippen molar-refractivity contribution in [3.8, 4) is 5.88 Å². The minimum Gasteiger partial charge on any atom is -0.494 e. The van der Waals surface area contributed by atoms with Crippen molar-refractivity contribution in [1.29, 1.82) is 0 Å². The molecule has 0 fully saturated rings. The lowest BCUT2D eigenvalue weighted by molar-refractivity contribution is -0.384. The second kappa shape index (κ2) is 10.6. The van der Waals surface area contributed by atoms with Crippen LogP contribution in [0.15, 0.2) is 82.8 Å². The molecule has 0 bridgehead atoms. The van der Waals surface area contributed by atoms with Crippen LogP contribution in [0.4, 0.5) is 16.2 Å². The number of rotatable bonds is 6. The van der Waals surface area contributed by atoms with E-state index in [-0.39, 0.29) is 11.6 Å². The standard InChI is InChI=1S/C30H29N5O5/c1-30(2,3)40-29(37)34-15-14-31-25(34)17-19-8-7-11-21(16-19)32-27(20-9-5-4-6-10-20)26-23-18-22(35(38)39)12-13-24(23)33-28(26)36/h4-13,16,18,33,36H,14-15,17H2,1-3H3. The van der Waals surface area contributed by atoms with Gasteiger partial charge in [-0.3, -0.25) is 20.0 Å². The summed E-state index contributed by atoms with van der Waals surface area (Å²) in [6, 6.07) is 21.2. The van der Waals surface area contributed by atoms with Gasteiger partial charge >= 0.3 is 6.09 Å². The van der Waals surface area contributed by atoms with Crippen LogP contribution < -0.4 is 0 Å². The highest BCUT2D eigenvalue weighted by atomic mass is 16.6. The highest BCUT2D eigenvalue weighted by Gasteiger charge is 2.28. The van der Waals surface area contributed by atoms with Crippen molar-refractivity contribution in [3.05, 3.63) is 99.6 Å². The van der Waals surface area contributed by atoms with E-state index in [1.165, 1.54) is 12.1 Å². The lowest BCUT2D eigenvalue weighted by atomic mass is 10.0. The molecule has 4 aromatic rings. The molecule has 0 atom stereocenters. The number of ether oxygens (including phenoxy) is 1. The van der Waals surface area contributed by atoms with Gasteiger partial charge in [-0.25, -0.2) is 9.79 Å². The van der Waals surface area contributed by atoms with Crippen LogP contribution in [-0.4, -0.2) is 56.2 Å². The van der Waals surface area contributed by atoms with E-state index in [2.05, 4.69) is 9.98 Å². The maximum absolute atomic E-state index is 12.7. The Morgan fingerprint density at radius 1 is 1.12 bits per heavy atom. The number of nitrogens with one attached hydrogen (secondary N) is 1. The number of H-pyrrole nitrogens is 1. The first-order valence-electron chi connectivity index (χ1n) is 12.9. The number of aromatic amines is 1. The van der Waals surface area contributed by atoms with Crippen LogP contribution in [0.5, 0.6) is 5.88 Å². The molecule has 0 unspecified atom stereocenters. The number of aliphatic imine (C=N–C) groups is 2. The molecular weight excluding hydrogens is 510 g/mol. The van der Waals surface area contributed by atoms with E-state index >= 15 is 0 Å². The van der Waals surface area contributed by atoms with Crippen molar-refractivity contribution in [2.24, 2.45) is 9.98 Å². The van der Waals surface area contributed by atoms with Crippen molar-refractivity contribution < 1.29 is 19.6 Å². The first-order chi connectivity index (χ1) is 19.1. The number of aromatic nitrogens is 1. The van der Waals surface area contributed by atoms with Crippen LogP contribution in [0.25, 0.3) is 10.9 Å². The van der Waals surface area contributed by atoms with Crippen LogP contribution in [-0.2, 0) is 11.2 Å². The van der Waals surface area contributed by atoms with Crippen LogP contribution in [0, 0.1) is 10.1 Å². The zero-order valence-corrected chi connectivity index (χ0v) is 22.4. The van der Waals surface area contributed by atoms with E-state index < -0.39 is 16.6 Å². The third kappa shape index (κ3) is 5.70. The van der Waals surface area contributed by atoms with Crippen molar-refractivity contribution in [3.63, 3.8) is 0 Å². The number of fused-ring (bicyclic) bond motifs is 1. The number of nitro benzene ring substituents is 1. The van der Waals surface area contributed by atoms with Crippen molar-refractivity contribution in [2.75, 3.05) is 13.1 Å². The first kappa shape index (κ1) is 26.6. The smallest absolute Gasteiger partial charge is 0.415 e. The Bertz CT molecular complexity index is 1650. The number of nitrogens with zero attached hydrogens (tertiary/aromatic N) is 4. The Labute approximate surface area is 230 Å². The first-order valence-corrected chi connectivity index (χ1v) is 12.9. The Morgan fingerprint density at radius 3 is 2.62 bits per heavy atom. The van der Waals surface area contributed by atoms with Gasteiger partial charge in [-0.2, -0.15) is 0 Å². The second-order valence-electron chi connectivity index (χ2n) is 10.4. The highest BCUT2D eigenvalue weighted by molar-refractivity contribution is 6.22. The Balaban J connectivity index is 1.53. The van der Waals surface area contributed by atoms with Crippen LogP contribution in [0.2, 0.25) is 0 Å². The molecule has 1 aliphatic rings. The topological polar surface area (TPSA) is 133 Å². The fourth-order valence-electron chi connectivity index (χ4n) is 4.59. The van der Waals surface area contributed by atoms with Crippen LogP contribution in [0.3, 0.4) is 0 Å². The van der Waals surface area contributed by atoms with Gasteiger partial charge in [-0.1, -0.05) is 42.5 Å². The summed E-state index contributed by atoms with van der Waals surface area (Å²) in [4.78, 5) is 37.6. The van der Waals surface area contributed by atoms with E-state index in [4.69, 9.17) is 9.73 Å². The quantitative estimate of drug-likeness (QED) is 0.172. The zero-order valence-electron chi connectivity index (χ0n) is 22.4. The van der Waals surface area contributed by atoms with Gasteiger partial charge in [0.1, 0.15) is 11.4 Å². The Kier molecular flexibility index (Phi) is 7.08. The summed E-state index contributed by atoms with van der Waals surface area (Å²) >= 11 is 0. The SMILES string of the molecule is CC(C)(C)OC(=O)N1CCN=C1Cc1cccc(N=C(c2ccccc2)c2c(O)[nH]c3ccc([N+](=O)[O-])cc23)c1. The number of nitro groups is 1.